The van der Waals surface area contributed by atoms with E-state index in [1.165, 1.54) is 0 Å². The summed E-state index contributed by atoms with van der Waals surface area (Å²) in [5.41, 5.74) is 12.7. The molecule has 0 aliphatic heterocycles. The lowest BCUT2D eigenvalue weighted by atomic mass is 10.8. The molecule has 1 unspecified atom stereocenters. The summed E-state index contributed by atoms with van der Waals surface area (Å²) in [6.07, 6.45) is 5.06. The van der Waals surface area contributed by atoms with E-state index in [0.717, 1.165) is 0 Å². The largest absolute Gasteiger partial charge is 0.359 e. The Hall–Kier alpha value is -1.09. The van der Waals surface area contributed by atoms with Crippen LogP contribution in [0.1, 0.15) is 6.92 Å². The normalized spacial score (nSPS) is 8.89. The Kier molecular flexibility index (Phi) is 4.44. The minimum Gasteiger partial charge on any atom is -0.359 e. The Morgan fingerprint density at radius 3 is 2.44 bits per heavy atom. The maximum atomic E-state index is 5.06. The minimum absolute atomic E-state index is 0.878. The van der Waals surface area contributed by atoms with Crippen LogP contribution < -0.4 is 5.73 Å². The van der Waals surface area contributed by atoms with E-state index in [-0.39, 0.29) is 0 Å². The highest BCUT2D eigenvalue weighted by atomic mass is 31.1. The Morgan fingerprint density at radius 2 is 2.11 bits per heavy atom. The number of hydrogen-bond acceptors (Lipinski definition) is 1. The van der Waals surface area contributed by atoms with Crippen molar-refractivity contribution in [3.63, 3.8) is 0 Å². The number of terminal acetylenes is 1. The fourth-order valence-electron chi connectivity index (χ4n) is 0.269. The van der Waals surface area contributed by atoms with Crippen molar-refractivity contribution in [1.82, 2.24) is 0 Å². The molecule has 0 amide bonds. The van der Waals surface area contributed by atoms with Gasteiger partial charge >= 0.3 is 0 Å². The van der Waals surface area contributed by atoms with E-state index in [0.29, 0.717) is 0 Å². The van der Waals surface area contributed by atoms with Crippen molar-refractivity contribution < 1.29 is 0 Å². The Morgan fingerprint density at radius 1 is 1.44 bits per heavy atom. The first-order chi connectivity index (χ1) is 4.35. The smallest absolute Gasteiger partial charge is 0.128 e. The number of rotatable bonds is 0. The molecule has 0 fully saturated rings. The molecule has 0 rings (SSSR count). The van der Waals surface area contributed by atoms with E-state index in [4.69, 9.17) is 12.2 Å². The standard InChI is InChI=1S/C7H6NP/c1-3-6-9(4-2)7-5-8/h2H,8H2,1H3. The molecule has 0 aromatic rings. The summed E-state index contributed by atoms with van der Waals surface area (Å²) < 4.78 is 0. The highest BCUT2D eigenvalue weighted by Gasteiger charge is 1.88. The Balaban J connectivity index is 4.10. The van der Waals surface area contributed by atoms with Crippen LogP contribution in [0.25, 0.3) is 0 Å². The molecule has 9 heavy (non-hydrogen) atoms. The van der Waals surface area contributed by atoms with Crippen molar-refractivity contribution in [2.75, 3.05) is 0 Å². The summed E-state index contributed by atoms with van der Waals surface area (Å²) in [5, 5.41) is 0. The predicted octanol–water partition coefficient (Wildman–Crippen LogP) is 0.917. The van der Waals surface area contributed by atoms with Gasteiger partial charge in [0.15, 0.2) is 0 Å². The molecule has 0 aliphatic rings. The van der Waals surface area contributed by atoms with Crippen LogP contribution in [0.15, 0.2) is 0 Å². The van der Waals surface area contributed by atoms with E-state index < -0.39 is 7.92 Å². The molecule has 0 radical (unpaired) electrons. The van der Waals surface area contributed by atoms with Crippen molar-refractivity contribution in [3.05, 3.63) is 0 Å². The van der Waals surface area contributed by atoms with Gasteiger partial charge in [0.05, 0.1) is 0 Å². The second kappa shape index (κ2) is 5.05. The molecule has 2 heteroatoms. The third-order valence-corrected chi connectivity index (χ3v) is 1.59. The molecule has 0 bridgehead atoms. The van der Waals surface area contributed by atoms with Gasteiger partial charge in [-0.2, -0.15) is 0 Å². The van der Waals surface area contributed by atoms with Gasteiger partial charge in [-0.25, -0.2) is 0 Å². The molecule has 1 atom stereocenters. The first-order valence-corrected chi connectivity index (χ1v) is 3.59. The zero-order valence-electron chi connectivity index (χ0n) is 5.10. The van der Waals surface area contributed by atoms with Crippen LogP contribution in [0.2, 0.25) is 0 Å². The van der Waals surface area contributed by atoms with Gasteiger partial charge in [-0.3, -0.25) is 0 Å². The van der Waals surface area contributed by atoms with Gasteiger partial charge in [0.1, 0.15) is 7.92 Å². The summed E-state index contributed by atoms with van der Waals surface area (Å²) in [7, 11) is -0.878. The topological polar surface area (TPSA) is 26.0 Å². The van der Waals surface area contributed by atoms with Gasteiger partial charge < -0.3 is 5.73 Å². The van der Waals surface area contributed by atoms with Gasteiger partial charge in [-0.15, -0.1) is 12.3 Å². The van der Waals surface area contributed by atoms with Crippen molar-refractivity contribution in [3.8, 4) is 35.4 Å². The van der Waals surface area contributed by atoms with E-state index >= 15 is 0 Å². The SMILES string of the molecule is C#CP(C#CC)C#CN. The lowest BCUT2D eigenvalue weighted by molar-refractivity contribution is 1.75. The molecule has 0 aromatic heterocycles. The number of nitrogens with two attached hydrogens (primary N) is 1. The molecule has 0 aromatic carbocycles. The Bertz CT molecular complexity index is 208. The molecule has 0 spiro atoms. The zero-order valence-corrected chi connectivity index (χ0v) is 6.00. The van der Waals surface area contributed by atoms with Crippen LogP contribution in [0.5, 0.6) is 0 Å². The van der Waals surface area contributed by atoms with Gasteiger partial charge in [-0.05, 0) is 18.2 Å². The van der Waals surface area contributed by atoms with Crippen molar-refractivity contribution >= 4 is 7.92 Å². The van der Waals surface area contributed by atoms with Crippen LogP contribution in [0.4, 0.5) is 0 Å². The molecule has 0 aliphatic carbocycles. The molecule has 0 heterocycles. The first kappa shape index (κ1) is 7.91. The van der Waals surface area contributed by atoms with E-state index in [1.807, 2.05) is 0 Å². The number of hydrogen-bond donors (Lipinski definition) is 1. The maximum absolute atomic E-state index is 5.06. The van der Waals surface area contributed by atoms with Crippen molar-refractivity contribution in [2.24, 2.45) is 5.73 Å². The van der Waals surface area contributed by atoms with E-state index in [2.05, 4.69) is 28.9 Å². The fourth-order valence-corrected chi connectivity index (χ4v) is 0.807. The third kappa shape index (κ3) is 3.49. The second-order valence-corrected chi connectivity index (χ2v) is 2.46. The molecule has 0 saturated heterocycles. The molecular weight excluding hydrogens is 129 g/mol. The van der Waals surface area contributed by atoms with Crippen LogP contribution in [0.3, 0.4) is 0 Å². The first-order valence-electron chi connectivity index (χ1n) is 2.25. The monoisotopic (exact) mass is 135 g/mol. The molecule has 44 valence electrons. The predicted molar refractivity (Wildman–Crippen MR) is 41.2 cm³/mol. The maximum Gasteiger partial charge on any atom is 0.128 e. The summed E-state index contributed by atoms with van der Waals surface area (Å²) in [5.74, 6) is 2.68. The Labute approximate surface area is 56.8 Å². The zero-order chi connectivity index (χ0) is 7.11. The van der Waals surface area contributed by atoms with Gasteiger partial charge in [-0.1, -0.05) is 5.66 Å². The van der Waals surface area contributed by atoms with Gasteiger partial charge in [0, 0.05) is 6.04 Å². The van der Waals surface area contributed by atoms with Crippen LogP contribution in [0, 0.1) is 35.4 Å². The van der Waals surface area contributed by atoms with Gasteiger partial charge in [0.25, 0.3) is 0 Å². The van der Waals surface area contributed by atoms with Crippen LogP contribution in [-0.2, 0) is 0 Å². The quantitative estimate of drug-likeness (QED) is 0.298. The average Bonchev–Trinajstić information content (AvgIpc) is 1.88. The third-order valence-electron chi connectivity index (χ3n) is 0.529. The molecule has 0 saturated carbocycles. The van der Waals surface area contributed by atoms with Crippen LogP contribution in [-0.4, -0.2) is 0 Å². The summed E-state index contributed by atoms with van der Waals surface area (Å²) in [4.78, 5) is 0. The highest BCUT2D eigenvalue weighted by Crippen LogP contribution is 2.28. The average molecular weight is 135 g/mol. The fraction of sp³-hybridized carbons (Fsp3) is 0.143. The lowest BCUT2D eigenvalue weighted by Crippen LogP contribution is -1.74. The highest BCUT2D eigenvalue weighted by molar-refractivity contribution is 7.72. The lowest BCUT2D eigenvalue weighted by Gasteiger charge is -1.83. The van der Waals surface area contributed by atoms with Crippen molar-refractivity contribution in [1.29, 1.82) is 0 Å². The van der Waals surface area contributed by atoms with E-state index in [9.17, 15) is 0 Å². The summed E-state index contributed by atoms with van der Waals surface area (Å²) in [6.45, 7) is 1.73. The second-order valence-electron chi connectivity index (χ2n) is 1.08. The van der Waals surface area contributed by atoms with E-state index in [1.54, 1.807) is 6.92 Å². The molecular formula is C7H6NP. The van der Waals surface area contributed by atoms with Crippen LogP contribution >= 0.6 is 7.92 Å². The summed E-state index contributed by atoms with van der Waals surface area (Å²) >= 11 is 0. The van der Waals surface area contributed by atoms with Gasteiger partial charge in [0.2, 0.25) is 0 Å². The minimum atomic E-state index is -0.878. The summed E-state index contributed by atoms with van der Waals surface area (Å²) in [6, 6.07) is 2.24. The van der Waals surface area contributed by atoms with Crippen molar-refractivity contribution in [2.45, 2.75) is 6.92 Å². The molecule has 2 N–H and O–H groups in total. The molecule has 1 nitrogen and oxygen atoms in total.